The topological polar surface area (TPSA) is 41.9 Å². The first-order valence-corrected chi connectivity index (χ1v) is 7.91. The predicted octanol–water partition coefficient (Wildman–Crippen LogP) is 3.78. The Morgan fingerprint density at radius 1 is 1.62 bits per heavy atom. The maximum atomic E-state index is 11.4. The van der Waals surface area contributed by atoms with Crippen molar-refractivity contribution in [2.24, 2.45) is 5.16 Å². The van der Waals surface area contributed by atoms with E-state index in [4.69, 9.17) is 34.8 Å². The number of hydrogen-bond acceptors (Lipinski definition) is 6. The van der Waals surface area contributed by atoms with Crippen molar-refractivity contribution in [1.82, 2.24) is 4.31 Å². The molecule has 1 aliphatic rings. The van der Waals surface area contributed by atoms with Crippen molar-refractivity contribution in [3.8, 4) is 0 Å². The number of rotatable bonds is 2. The minimum atomic E-state index is -1.60. The van der Waals surface area contributed by atoms with Crippen LogP contribution in [0.15, 0.2) is 5.16 Å². The van der Waals surface area contributed by atoms with E-state index in [9.17, 15) is 4.79 Å². The van der Waals surface area contributed by atoms with Crippen LogP contribution in [0, 0.1) is 0 Å². The highest BCUT2D eigenvalue weighted by Crippen LogP contribution is 2.40. The van der Waals surface area contributed by atoms with Crippen LogP contribution in [-0.4, -0.2) is 36.5 Å². The number of amides is 1. The fourth-order valence-electron chi connectivity index (χ4n) is 0.673. The first-order valence-electron chi connectivity index (χ1n) is 3.86. The van der Waals surface area contributed by atoms with Crippen LogP contribution in [-0.2, 0) is 4.84 Å². The van der Waals surface area contributed by atoms with E-state index < -0.39 is 9.22 Å². The quantitative estimate of drug-likeness (QED) is 0.331. The molecule has 92 valence electrons. The van der Waals surface area contributed by atoms with Gasteiger partial charge in [-0.25, -0.2) is 9.10 Å². The van der Waals surface area contributed by atoms with Crippen molar-refractivity contribution in [3.05, 3.63) is 0 Å². The fourth-order valence-corrected chi connectivity index (χ4v) is 4.13. The lowest BCUT2D eigenvalue weighted by Crippen LogP contribution is -2.22. The molecule has 0 aromatic rings. The van der Waals surface area contributed by atoms with Crippen LogP contribution in [0.2, 0.25) is 0 Å². The molecule has 1 amide bonds. The van der Waals surface area contributed by atoms with E-state index in [1.165, 1.54) is 7.05 Å². The van der Waals surface area contributed by atoms with E-state index >= 15 is 0 Å². The summed E-state index contributed by atoms with van der Waals surface area (Å²) >= 11 is 20.5. The monoisotopic (exact) mass is 340 g/mol. The lowest BCUT2D eigenvalue weighted by molar-refractivity contribution is 0.137. The van der Waals surface area contributed by atoms with Gasteiger partial charge in [0.05, 0.1) is 0 Å². The fraction of sp³-hybridized carbons (Fsp3) is 0.667. The summed E-state index contributed by atoms with van der Waals surface area (Å²) in [6.07, 6.45) is -0.679. The molecule has 0 aromatic heterocycles. The highest BCUT2D eigenvalue weighted by atomic mass is 35.6. The van der Waals surface area contributed by atoms with Crippen molar-refractivity contribution in [3.63, 3.8) is 0 Å². The third-order valence-electron chi connectivity index (χ3n) is 1.26. The molecule has 10 heteroatoms. The molecule has 1 rings (SSSR count). The highest BCUT2D eigenvalue weighted by molar-refractivity contribution is 8.29. The Bertz CT molecular complexity index is 289. The number of alkyl halides is 3. The molecule has 0 aromatic carbocycles. The number of hydrogen-bond donors (Lipinski definition) is 0. The van der Waals surface area contributed by atoms with Crippen LogP contribution in [0.1, 0.15) is 0 Å². The predicted molar refractivity (Wildman–Crippen MR) is 74.5 cm³/mol. The van der Waals surface area contributed by atoms with Crippen LogP contribution in [0.25, 0.3) is 0 Å². The lowest BCUT2D eigenvalue weighted by Gasteiger charge is -2.17. The van der Waals surface area contributed by atoms with Gasteiger partial charge in [-0.2, -0.15) is 0 Å². The second-order valence-electron chi connectivity index (χ2n) is 2.49. The molecular weight excluding hydrogens is 335 g/mol. The van der Waals surface area contributed by atoms with E-state index in [-0.39, 0.29) is 0 Å². The van der Waals surface area contributed by atoms with Gasteiger partial charge in [0, 0.05) is 29.8 Å². The minimum absolute atomic E-state index is 0.679. The van der Waals surface area contributed by atoms with Crippen LogP contribution in [0.5, 0.6) is 0 Å². The number of oxime groups is 1. The van der Waals surface area contributed by atoms with E-state index in [1.807, 2.05) is 0 Å². The van der Waals surface area contributed by atoms with Crippen molar-refractivity contribution < 1.29 is 9.63 Å². The van der Waals surface area contributed by atoms with Gasteiger partial charge in [0.15, 0.2) is 0 Å². The van der Waals surface area contributed by atoms with Gasteiger partial charge in [-0.15, -0.1) is 11.8 Å². The van der Waals surface area contributed by atoms with E-state index in [1.54, 1.807) is 23.5 Å². The van der Waals surface area contributed by atoms with Gasteiger partial charge >= 0.3 is 6.09 Å². The summed E-state index contributed by atoms with van der Waals surface area (Å²) in [6, 6.07) is 0. The first-order chi connectivity index (χ1) is 7.38. The van der Waals surface area contributed by atoms with E-state index in [0.717, 1.165) is 32.1 Å². The zero-order valence-corrected chi connectivity index (χ0v) is 12.7. The second kappa shape index (κ2) is 6.70. The Morgan fingerprint density at radius 2 is 2.31 bits per heavy atom. The zero-order valence-electron chi connectivity index (χ0n) is 7.98. The molecule has 0 bridgehead atoms. The molecule has 0 radical (unpaired) electrons. The first kappa shape index (κ1) is 14.9. The van der Waals surface area contributed by atoms with Gasteiger partial charge < -0.3 is 0 Å². The van der Waals surface area contributed by atoms with E-state index in [2.05, 4.69) is 9.99 Å². The van der Waals surface area contributed by atoms with Gasteiger partial charge in [0.1, 0.15) is 5.04 Å². The molecule has 16 heavy (non-hydrogen) atoms. The highest BCUT2D eigenvalue weighted by Gasteiger charge is 2.27. The Labute approximate surface area is 121 Å². The SMILES string of the molecule is CN(SC(Cl)(Cl)Cl)C(=O)O/N=C1\CSCS1. The third kappa shape index (κ3) is 5.97. The summed E-state index contributed by atoms with van der Waals surface area (Å²) in [5, 5.41) is 5.41. The molecular formula is C6H7Cl3N2O2S3. The summed E-state index contributed by atoms with van der Waals surface area (Å²) in [5.74, 6) is 0.763. The maximum absolute atomic E-state index is 11.4. The number of halogens is 3. The molecule has 1 saturated heterocycles. The molecule has 1 heterocycles. The number of carbonyl (C=O) groups excluding carboxylic acids is 1. The van der Waals surface area contributed by atoms with E-state index in [0.29, 0.717) is 0 Å². The third-order valence-corrected chi connectivity index (χ3v) is 4.86. The second-order valence-corrected chi connectivity index (χ2v) is 9.18. The van der Waals surface area contributed by atoms with Crippen molar-refractivity contribution in [1.29, 1.82) is 0 Å². The Hall–Kier alpha value is 0.860. The molecule has 1 aliphatic heterocycles. The smallest absolute Gasteiger partial charge is 0.296 e. The summed E-state index contributed by atoms with van der Waals surface area (Å²) in [7, 11) is 1.44. The van der Waals surface area contributed by atoms with Gasteiger partial charge in [-0.05, 0) is 0 Å². The molecule has 1 fully saturated rings. The lowest BCUT2D eigenvalue weighted by atomic mass is 10.9. The molecule has 4 nitrogen and oxygen atoms in total. The average Bonchev–Trinajstić information content (AvgIpc) is 2.63. The summed E-state index contributed by atoms with van der Waals surface area (Å²) in [6.45, 7) is 0. The summed E-state index contributed by atoms with van der Waals surface area (Å²) in [4.78, 5) is 16.0. The van der Waals surface area contributed by atoms with Gasteiger partial charge in [0.25, 0.3) is 3.12 Å². The zero-order chi connectivity index (χ0) is 12.2. The van der Waals surface area contributed by atoms with Gasteiger partial charge in [-0.3, -0.25) is 4.84 Å². The maximum Gasteiger partial charge on any atom is 0.445 e. The molecule has 0 aliphatic carbocycles. The molecule has 0 spiro atoms. The molecule has 0 atom stereocenters. The van der Waals surface area contributed by atoms with Gasteiger partial charge in [0.2, 0.25) is 0 Å². The normalized spacial score (nSPS) is 18.9. The molecule has 0 saturated carbocycles. The standard InChI is InChI=1S/C6H7Cl3N2O2S3/c1-11(16-6(7,8)9)5(12)13-10-4-2-14-3-15-4/h2-3H2,1H3/b10-4+. The minimum Gasteiger partial charge on any atom is -0.296 e. The number of thioether (sulfide) groups is 2. The number of nitrogens with zero attached hydrogens (tertiary/aromatic N) is 2. The van der Waals surface area contributed by atoms with Crippen molar-refractivity contribution in [2.75, 3.05) is 17.9 Å². The summed E-state index contributed by atoms with van der Waals surface area (Å²) in [5.41, 5.74) is 0. The van der Waals surface area contributed by atoms with Crippen molar-refractivity contribution >= 4 is 81.4 Å². The Kier molecular flexibility index (Phi) is 6.25. The largest absolute Gasteiger partial charge is 0.445 e. The van der Waals surface area contributed by atoms with Crippen LogP contribution < -0.4 is 0 Å². The average molecular weight is 342 g/mol. The Morgan fingerprint density at radius 3 is 2.81 bits per heavy atom. The molecule has 0 unspecified atom stereocenters. The van der Waals surface area contributed by atoms with Crippen LogP contribution in [0.4, 0.5) is 4.79 Å². The Balaban J connectivity index is 2.37. The van der Waals surface area contributed by atoms with Gasteiger partial charge in [-0.1, -0.05) is 51.7 Å². The van der Waals surface area contributed by atoms with Crippen LogP contribution in [0.3, 0.4) is 0 Å². The van der Waals surface area contributed by atoms with Crippen LogP contribution >= 0.6 is 70.3 Å². The molecule has 0 N–H and O–H groups in total. The van der Waals surface area contributed by atoms with Crippen molar-refractivity contribution in [2.45, 2.75) is 3.12 Å². The summed E-state index contributed by atoms with van der Waals surface area (Å²) < 4.78 is -0.525. The number of carbonyl (C=O) groups is 1.